The second kappa shape index (κ2) is 16.3. The summed E-state index contributed by atoms with van der Waals surface area (Å²) in [6.07, 6.45) is -8.00. The number of alkyl halides is 6. The minimum absolute atomic E-state index is 0.0146. The van der Waals surface area contributed by atoms with E-state index in [1.54, 1.807) is 41.8 Å². The minimum Gasteiger partial charge on any atom is -0.504 e. The number of phenols is 2. The number of carboxylic acids is 1. The van der Waals surface area contributed by atoms with E-state index in [-0.39, 0.29) is 22.4 Å². The van der Waals surface area contributed by atoms with Crippen molar-refractivity contribution in [2.24, 2.45) is 0 Å². The van der Waals surface area contributed by atoms with Crippen molar-refractivity contribution < 1.29 is 54.9 Å². The average Bonchev–Trinajstić information content (AvgIpc) is 3.67. The largest absolute Gasteiger partial charge is 0.504 e. The highest BCUT2D eigenvalue weighted by atomic mass is 32.2. The molecule has 1 aliphatic rings. The molecule has 6 aromatic rings. The Bertz CT molecular complexity index is 2470. The Morgan fingerprint density at radius 1 is 0.789 bits per heavy atom. The van der Waals surface area contributed by atoms with Crippen molar-refractivity contribution in [1.29, 1.82) is 0 Å². The lowest BCUT2D eigenvalue weighted by atomic mass is 9.89. The molecule has 17 heteroatoms. The fourth-order valence-corrected chi connectivity index (χ4v) is 7.90. The number of nitrogens with one attached hydrogen (secondary N) is 2. The topological polar surface area (TPSA) is 149 Å². The van der Waals surface area contributed by atoms with Gasteiger partial charge in [0.05, 0.1) is 16.2 Å². The molecule has 1 atom stereocenters. The molecule has 7 rings (SSSR count). The fraction of sp³-hybridized carbons (Fsp3) is 0.150. The lowest BCUT2D eigenvalue weighted by molar-refractivity contribution is -0.192. The number of aromatic hydroxyl groups is 2. The van der Waals surface area contributed by atoms with Gasteiger partial charge in [0.2, 0.25) is 0 Å². The van der Waals surface area contributed by atoms with Crippen LogP contribution in [0.3, 0.4) is 0 Å². The van der Waals surface area contributed by atoms with E-state index in [1.807, 2.05) is 36.4 Å². The van der Waals surface area contributed by atoms with Crippen LogP contribution in [0, 0.1) is 0 Å². The number of carboxylic acid groups (broad SMARTS) is 1. The molecule has 0 saturated heterocycles. The van der Waals surface area contributed by atoms with Crippen molar-refractivity contribution in [2.75, 3.05) is 11.3 Å². The number of rotatable bonds is 8. The van der Waals surface area contributed by atoms with Crippen LogP contribution >= 0.6 is 11.3 Å². The lowest BCUT2D eigenvalue weighted by Crippen LogP contribution is -2.31. The third-order valence-electron chi connectivity index (χ3n) is 8.93. The molecule has 0 radical (unpaired) electrons. The highest BCUT2D eigenvalue weighted by molar-refractivity contribution is 7.92. The maximum Gasteiger partial charge on any atom is 0.490 e. The summed E-state index contributed by atoms with van der Waals surface area (Å²) in [7, 11) is -3.88. The number of hydrogen-bond donors (Lipinski definition) is 5. The number of hydrogen-bond acceptors (Lipinski definition) is 8. The van der Waals surface area contributed by atoms with E-state index >= 15 is 0 Å². The van der Waals surface area contributed by atoms with Crippen LogP contribution in [0.5, 0.6) is 11.5 Å². The third-order valence-corrected chi connectivity index (χ3v) is 11.2. The lowest BCUT2D eigenvalue weighted by Gasteiger charge is -2.27. The number of aromatic nitrogens is 1. The molecule has 0 bridgehead atoms. The van der Waals surface area contributed by atoms with Crippen LogP contribution in [0.2, 0.25) is 0 Å². The Kier molecular flexibility index (Phi) is 11.6. The number of sulfonamides is 1. The maximum atomic E-state index is 13.2. The van der Waals surface area contributed by atoms with E-state index < -0.39 is 33.9 Å². The molecule has 0 spiro atoms. The van der Waals surface area contributed by atoms with Crippen molar-refractivity contribution in [3.63, 3.8) is 0 Å². The Morgan fingerprint density at radius 3 is 1.91 bits per heavy atom. The summed E-state index contributed by atoms with van der Waals surface area (Å²) >= 11 is 1.31. The molecule has 0 saturated carbocycles. The number of thiazole rings is 1. The summed E-state index contributed by atoms with van der Waals surface area (Å²) in [5.74, 6) is -2.98. The summed E-state index contributed by atoms with van der Waals surface area (Å²) in [5.41, 5.74) is 6.46. The van der Waals surface area contributed by atoms with Gasteiger partial charge in [-0.05, 0) is 95.7 Å². The highest BCUT2D eigenvalue weighted by Gasteiger charge is 2.38. The van der Waals surface area contributed by atoms with E-state index in [0.29, 0.717) is 33.9 Å². The summed E-state index contributed by atoms with van der Waals surface area (Å²) in [6, 6.07) is 29.6. The zero-order valence-electron chi connectivity index (χ0n) is 29.3. The van der Waals surface area contributed by atoms with E-state index in [1.165, 1.54) is 35.6 Å². The van der Waals surface area contributed by atoms with Gasteiger partial charge in [-0.3, -0.25) is 4.72 Å². The number of phenolic OH excluding ortho intramolecular Hbond substituents is 2. The number of fused-ring (bicyclic) bond motifs is 1. The number of benzene rings is 5. The first kappa shape index (κ1) is 40.7. The average molecular weight is 828 g/mol. The van der Waals surface area contributed by atoms with Gasteiger partial charge in [-0.1, -0.05) is 60.7 Å². The molecule has 57 heavy (non-hydrogen) atoms. The first-order valence-electron chi connectivity index (χ1n) is 16.9. The van der Waals surface area contributed by atoms with Crippen LogP contribution in [0.4, 0.5) is 32.0 Å². The monoisotopic (exact) mass is 827 g/mol. The fourth-order valence-electron chi connectivity index (χ4n) is 6.01. The van der Waals surface area contributed by atoms with Crippen molar-refractivity contribution in [3.8, 4) is 44.5 Å². The van der Waals surface area contributed by atoms with Gasteiger partial charge in [0, 0.05) is 28.2 Å². The van der Waals surface area contributed by atoms with Crippen molar-refractivity contribution in [1.82, 2.24) is 10.3 Å². The van der Waals surface area contributed by atoms with Crippen LogP contribution in [0.1, 0.15) is 28.3 Å². The van der Waals surface area contributed by atoms with Crippen LogP contribution in [-0.2, 0) is 33.8 Å². The van der Waals surface area contributed by atoms with Gasteiger partial charge in [-0.2, -0.15) is 26.3 Å². The van der Waals surface area contributed by atoms with Crippen LogP contribution in [0.15, 0.2) is 119 Å². The SMILES string of the molecule is O=C(O)C(F)(F)F.O=S(=O)(Nc1ccc(-c2ccc(CC3NCCc4cc(O)c(O)cc43)cc2)cc1)c1ccc(-c2nc(-c3ccc(C(F)(F)F)cc3)cs2)cc1. The zero-order chi connectivity index (χ0) is 41.1. The molecule has 1 unspecified atom stereocenters. The van der Waals surface area contributed by atoms with E-state index in [9.17, 15) is 45.0 Å². The molecule has 5 N–H and O–H groups in total. The number of nitrogens with zero attached hydrogens (tertiary/aromatic N) is 1. The maximum absolute atomic E-state index is 13.2. The van der Waals surface area contributed by atoms with Crippen molar-refractivity contribution in [2.45, 2.75) is 36.1 Å². The van der Waals surface area contributed by atoms with Crippen molar-refractivity contribution >= 4 is 33.0 Å². The highest BCUT2D eigenvalue weighted by Crippen LogP contribution is 2.36. The second-order valence-corrected chi connectivity index (χ2v) is 15.4. The summed E-state index contributed by atoms with van der Waals surface area (Å²) in [4.78, 5) is 13.5. The van der Waals surface area contributed by atoms with Gasteiger partial charge in [0.15, 0.2) is 11.5 Å². The quantitative estimate of drug-likeness (QED) is 0.0753. The number of anilines is 1. The van der Waals surface area contributed by atoms with Crippen LogP contribution in [-0.4, -0.2) is 47.4 Å². The van der Waals surface area contributed by atoms with Gasteiger partial charge in [-0.15, -0.1) is 11.3 Å². The smallest absolute Gasteiger partial charge is 0.490 e. The summed E-state index contributed by atoms with van der Waals surface area (Å²) < 4.78 is 99.4. The summed E-state index contributed by atoms with van der Waals surface area (Å²) in [5, 5.41) is 32.9. The van der Waals surface area contributed by atoms with Crippen LogP contribution < -0.4 is 10.0 Å². The molecule has 0 aliphatic carbocycles. The number of carbonyl (C=O) groups is 1. The van der Waals surface area contributed by atoms with Gasteiger partial charge >= 0.3 is 18.3 Å². The van der Waals surface area contributed by atoms with Gasteiger partial charge in [0.1, 0.15) is 5.01 Å². The Labute approximate surface area is 326 Å². The Morgan fingerprint density at radius 2 is 1.33 bits per heavy atom. The molecule has 1 aromatic heterocycles. The molecule has 296 valence electrons. The van der Waals surface area contributed by atoms with Crippen molar-refractivity contribution in [3.05, 3.63) is 137 Å². The molecule has 9 nitrogen and oxygen atoms in total. The Hall–Kier alpha value is -5.91. The second-order valence-electron chi connectivity index (χ2n) is 12.8. The molecule has 5 aromatic carbocycles. The molecular formula is C40H31F6N3O6S2. The molecule has 1 aliphatic heterocycles. The normalized spacial score (nSPS) is 14.2. The van der Waals surface area contributed by atoms with Gasteiger partial charge in [-0.25, -0.2) is 18.2 Å². The number of halogens is 6. The Balaban J connectivity index is 0.000000719. The van der Waals surface area contributed by atoms with E-state index in [4.69, 9.17) is 9.90 Å². The molecule has 2 heterocycles. The van der Waals surface area contributed by atoms with E-state index in [0.717, 1.165) is 52.9 Å². The first-order chi connectivity index (χ1) is 26.9. The standard InChI is InChI=1S/C38H30F3N3O4S2.C2HF3O2/c39-38(40,41)29-11-5-26(6-12-29)34-22-49-37(43-34)27-9-15-31(16-10-27)50(47,48)44-30-13-7-25(8-14-30)24-3-1-23(2-4-24)19-33-32-21-36(46)35(45)20-28(32)17-18-42-33;3-2(4,5)1(6)7/h1-16,20-22,33,42,44-46H,17-19H2;(H,6,7). The third kappa shape index (κ3) is 9.91. The minimum atomic E-state index is -5.08. The summed E-state index contributed by atoms with van der Waals surface area (Å²) in [6.45, 7) is 0.784. The molecule has 0 fully saturated rings. The van der Waals surface area contributed by atoms with E-state index in [2.05, 4.69) is 15.0 Å². The number of aliphatic carboxylic acids is 1. The van der Waals surface area contributed by atoms with Gasteiger partial charge < -0.3 is 20.6 Å². The van der Waals surface area contributed by atoms with Gasteiger partial charge in [0.25, 0.3) is 10.0 Å². The van der Waals surface area contributed by atoms with Crippen LogP contribution in [0.25, 0.3) is 33.0 Å². The zero-order valence-corrected chi connectivity index (χ0v) is 30.9. The predicted octanol–water partition coefficient (Wildman–Crippen LogP) is 9.44. The predicted molar refractivity (Wildman–Crippen MR) is 202 cm³/mol. The molecular weight excluding hydrogens is 797 g/mol. The first-order valence-corrected chi connectivity index (χ1v) is 19.3. The molecule has 0 amide bonds.